The minimum Gasteiger partial charge on any atom is -0.507 e. The summed E-state index contributed by atoms with van der Waals surface area (Å²) in [5.41, 5.74) is 4.00. The van der Waals surface area contributed by atoms with E-state index >= 15 is 0 Å². The van der Waals surface area contributed by atoms with Crippen molar-refractivity contribution >= 4 is 39.6 Å². The van der Waals surface area contributed by atoms with Crippen LogP contribution < -0.4 is 10.7 Å². The van der Waals surface area contributed by atoms with Crippen molar-refractivity contribution in [2.75, 3.05) is 5.32 Å². The number of nitrogens with one attached hydrogen (secondary N) is 2. The van der Waals surface area contributed by atoms with Gasteiger partial charge in [-0.05, 0) is 42.8 Å². The second-order valence-electron chi connectivity index (χ2n) is 4.73. The Kier molecular flexibility index (Phi) is 5.48. The molecule has 0 radical (unpaired) electrons. The highest BCUT2D eigenvalue weighted by Gasteiger charge is 2.12. The fraction of sp³-hybridized carbons (Fsp3) is 0.0625. The molecule has 6 nitrogen and oxygen atoms in total. The summed E-state index contributed by atoms with van der Waals surface area (Å²) < 4.78 is 0.750. The molecule has 23 heavy (non-hydrogen) atoms. The van der Waals surface area contributed by atoms with Crippen molar-refractivity contribution in [2.24, 2.45) is 5.10 Å². The topological polar surface area (TPSA) is 90.8 Å². The van der Waals surface area contributed by atoms with Gasteiger partial charge in [-0.25, -0.2) is 5.43 Å². The van der Waals surface area contributed by atoms with Gasteiger partial charge in [0.25, 0.3) is 0 Å². The molecule has 0 saturated carbocycles. The summed E-state index contributed by atoms with van der Waals surface area (Å²) >= 11 is 3.26. The average molecular weight is 376 g/mol. The molecule has 2 aromatic carbocycles. The summed E-state index contributed by atoms with van der Waals surface area (Å²) in [6, 6.07) is 11.9. The number of hydrazone groups is 1. The highest BCUT2D eigenvalue weighted by atomic mass is 79.9. The number of hydrogen-bond donors (Lipinski definition) is 3. The normalized spacial score (nSPS) is 10.5. The molecule has 0 aliphatic heterocycles. The van der Waals surface area contributed by atoms with Crippen LogP contribution in [0.4, 0.5) is 5.69 Å². The third-order valence-corrected chi connectivity index (χ3v) is 3.33. The van der Waals surface area contributed by atoms with Gasteiger partial charge in [-0.1, -0.05) is 28.1 Å². The lowest BCUT2D eigenvalue weighted by Gasteiger charge is -2.04. The first-order chi connectivity index (χ1) is 11.0. The van der Waals surface area contributed by atoms with Gasteiger partial charge in [-0.2, -0.15) is 5.10 Å². The number of carbonyl (C=O) groups excluding carboxylic acids is 2. The smallest absolute Gasteiger partial charge is 0.329 e. The zero-order chi connectivity index (χ0) is 16.8. The lowest BCUT2D eigenvalue weighted by Crippen LogP contribution is -2.32. The van der Waals surface area contributed by atoms with Gasteiger partial charge in [-0.15, -0.1) is 0 Å². The van der Waals surface area contributed by atoms with Gasteiger partial charge < -0.3 is 10.4 Å². The number of hydrogen-bond acceptors (Lipinski definition) is 4. The molecular formula is C16H14BrN3O3. The fourth-order valence-corrected chi connectivity index (χ4v) is 2.13. The molecule has 0 aromatic heterocycles. The molecular weight excluding hydrogens is 362 g/mol. The number of aryl methyl sites for hydroxylation is 1. The van der Waals surface area contributed by atoms with Crippen LogP contribution in [-0.4, -0.2) is 23.1 Å². The van der Waals surface area contributed by atoms with Crippen LogP contribution in [0.5, 0.6) is 5.75 Å². The minimum absolute atomic E-state index is 0.00964. The lowest BCUT2D eigenvalue weighted by atomic mass is 10.2. The van der Waals surface area contributed by atoms with Crippen LogP contribution in [0.1, 0.15) is 11.1 Å². The molecule has 0 aliphatic carbocycles. The van der Waals surface area contributed by atoms with Crippen LogP contribution in [0.2, 0.25) is 0 Å². The predicted molar refractivity (Wildman–Crippen MR) is 91.4 cm³/mol. The summed E-state index contributed by atoms with van der Waals surface area (Å²) in [5.74, 6) is -1.72. The number of rotatable bonds is 3. The van der Waals surface area contributed by atoms with E-state index in [1.54, 1.807) is 30.3 Å². The van der Waals surface area contributed by atoms with Crippen LogP contribution in [0, 0.1) is 6.92 Å². The lowest BCUT2D eigenvalue weighted by molar-refractivity contribution is -0.136. The first-order valence-electron chi connectivity index (χ1n) is 6.65. The van der Waals surface area contributed by atoms with E-state index in [9.17, 15) is 14.7 Å². The average Bonchev–Trinajstić information content (AvgIpc) is 2.50. The molecule has 7 heteroatoms. The SMILES string of the molecule is Cc1cccc(NC(=O)C(=O)N/N=C\c2cc(Br)ccc2O)c1. The monoisotopic (exact) mass is 375 g/mol. The predicted octanol–water partition coefficient (Wildman–Crippen LogP) is 2.55. The number of amides is 2. The second kappa shape index (κ2) is 7.55. The summed E-state index contributed by atoms with van der Waals surface area (Å²) in [7, 11) is 0. The highest BCUT2D eigenvalue weighted by molar-refractivity contribution is 9.10. The van der Waals surface area contributed by atoms with Gasteiger partial charge in [0, 0.05) is 15.7 Å². The maximum absolute atomic E-state index is 11.7. The first-order valence-corrected chi connectivity index (χ1v) is 7.44. The number of phenolic OH excluding ortho intramolecular Hbond substituents is 1. The zero-order valence-corrected chi connectivity index (χ0v) is 13.8. The second-order valence-corrected chi connectivity index (χ2v) is 5.64. The molecule has 0 fully saturated rings. The van der Waals surface area contributed by atoms with Gasteiger partial charge in [0.05, 0.1) is 6.21 Å². The zero-order valence-electron chi connectivity index (χ0n) is 12.2. The molecule has 0 atom stereocenters. The molecule has 118 valence electrons. The summed E-state index contributed by atoms with van der Waals surface area (Å²) in [5, 5.41) is 15.8. The molecule has 3 N–H and O–H groups in total. The minimum atomic E-state index is -0.905. The number of nitrogens with zero attached hydrogens (tertiary/aromatic N) is 1. The van der Waals surface area contributed by atoms with Crippen molar-refractivity contribution in [3.63, 3.8) is 0 Å². The van der Waals surface area contributed by atoms with Crippen molar-refractivity contribution in [1.29, 1.82) is 0 Å². The molecule has 2 aromatic rings. The van der Waals surface area contributed by atoms with E-state index < -0.39 is 11.8 Å². The number of phenols is 1. The standard InChI is InChI=1S/C16H14BrN3O3/c1-10-3-2-4-13(7-10)19-15(22)16(23)20-18-9-11-8-12(17)5-6-14(11)21/h2-9,21H,1H3,(H,19,22)(H,20,23)/b18-9-. The van der Waals surface area contributed by atoms with E-state index in [-0.39, 0.29) is 5.75 Å². The Balaban J connectivity index is 1.95. The molecule has 0 bridgehead atoms. The van der Waals surface area contributed by atoms with Crippen LogP contribution in [0.3, 0.4) is 0 Å². The van der Waals surface area contributed by atoms with Gasteiger partial charge in [0.1, 0.15) is 5.75 Å². The Bertz CT molecular complexity index is 775. The Hall–Kier alpha value is -2.67. The Morgan fingerprint density at radius 2 is 1.96 bits per heavy atom. The third kappa shape index (κ3) is 4.93. The van der Waals surface area contributed by atoms with E-state index in [1.165, 1.54) is 12.3 Å². The van der Waals surface area contributed by atoms with Crippen molar-refractivity contribution in [3.05, 3.63) is 58.1 Å². The van der Waals surface area contributed by atoms with Crippen LogP contribution >= 0.6 is 15.9 Å². The van der Waals surface area contributed by atoms with E-state index in [1.807, 2.05) is 13.0 Å². The molecule has 0 spiro atoms. The first kappa shape index (κ1) is 16.7. The number of carbonyl (C=O) groups is 2. The number of anilines is 1. The Morgan fingerprint density at radius 3 is 2.70 bits per heavy atom. The van der Waals surface area contributed by atoms with Gasteiger partial charge in [0.15, 0.2) is 0 Å². The Morgan fingerprint density at radius 1 is 1.17 bits per heavy atom. The number of aromatic hydroxyl groups is 1. The fourth-order valence-electron chi connectivity index (χ4n) is 1.75. The van der Waals surface area contributed by atoms with Crippen LogP contribution in [0.15, 0.2) is 52.0 Å². The summed E-state index contributed by atoms with van der Waals surface area (Å²) in [4.78, 5) is 23.4. The molecule has 0 aliphatic rings. The van der Waals surface area contributed by atoms with E-state index in [0.29, 0.717) is 11.3 Å². The van der Waals surface area contributed by atoms with Gasteiger partial charge in [0.2, 0.25) is 0 Å². The van der Waals surface area contributed by atoms with Crippen molar-refractivity contribution in [2.45, 2.75) is 6.92 Å². The van der Waals surface area contributed by atoms with Crippen molar-refractivity contribution < 1.29 is 14.7 Å². The van der Waals surface area contributed by atoms with E-state index in [0.717, 1.165) is 10.0 Å². The van der Waals surface area contributed by atoms with E-state index in [2.05, 4.69) is 31.8 Å². The van der Waals surface area contributed by atoms with Gasteiger partial charge in [-0.3, -0.25) is 9.59 Å². The maximum atomic E-state index is 11.7. The molecule has 2 amide bonds. The van der Waals surface area contributed by atoms with Crippen molar-refractivity contribution in [3.8, 4) is 5.75 Å². The van der Waals surface area contributed by atoms with Crippen LogP contribution in [-0.2, 0) is 9.59 Å². The third-order valence-electron chi connectivity index (χ3n) is 2.84. The molecule has 0 heterocycles. The molecule has 0 saturated heterocycles. The molecule has 2 rings (SSSR count). The summed E-state index contributed by atoms with van der Waals surface area (Å²) in [6.07, 6.45) is 1.25. The quantitative estimate of drug-likeness (QED) is 0.437. The van der Waals surface area contributed by atoms with Crippen molar-refractivity contribution in [1.82, 2.24) is 5.43 Å². The van der Waals surface area contributed by atoms with Crippen LogP contribution in [0.25, 0.3) is 0 Å². The maximum Gasteiger partial charge on any atom is 0.329 e. The highest BCUT2D eigenvalue weighted by Crippen LogP contribution is 2.19. The number of halogens is 1. The largest absolute Gasteiger partial charge is 0.507 e. The number of benzene rings is 2. The molecule has 0 unspecified atom stereocenters. The Labute approximate surface area is 141 Å². The summed E-state index contributed by atoms with van der Waals surface area (Å²) in [6.45, 7) is 1.88. The van der Waals surface area contributed by atoms with E-state index in [4.69, 9.17) is 0 Å². The van der Waals surface area contributed by atoms with Gasteiger partial charge >= 0.3 is 11.8 Å².